The standard InChI is InChI=1S/C14H24N2O3S/c1-20-5-4-12(15)14(19)16-10-2-3-11(16)7-9(6-10)8-13(17)18/h9-12H,2-8,15H2,1H3,(H,17,18)/t9?,10?,11?,12-/m1/s1. The maximum Gasteiger partial charge on any atom is 0.303 e. The predicted octanol–water partition coefficient (Wildman–Crippen LogP) is 1.31. The summed E-state index contributed by atoms with van der Waals surface area (Å²) < 4.78 is 0. The minimum absolute atomic E-state index is 0.0697. The Balaban J connectivity index is 1.94. The molecular weight excluding hydrogens is 276 g/mol. The van der Waals surface area contributed by atoms with Crippen LogP contribution in [0.25, 0.3) is 0 Å². The summed E-state index contributed by atoms with van der Waals surface area (Å²) in [4.78, 5) is 25.3. The zero-order chi connectivity index (χ0) is 14.7. The molecule has 2 unspecified atom stereocenters. The van der Waals surface area contributed by atoms with Crippen LogP contribution in [0.3, 0.4) is 0 Å². The minimum Gasteiger partial charge on any atom is -0.481 e. The molecule has 2 bridgehead atoms. The molecule has 0 aliphatic carbocycles. The third-order valence-electron chi connectivity index (χ3n) is 4.50. The maximum absolute atomic E-state index is 12.5. The van der Waals surface area contributed by atoms with E-state index in [0.717, 1.165) is 31.4 Å². The number of amides is 1. The highest BCUT2D eigenvalue weighted by Gasteiger charge is 2.44. The number of carboxylic acid groups (broad SMARTS) is 1. The molecule has 1 amide bonds. The molecule has 0 aromatic carbocycles. The van der Waals surface area contributed by atoms with Crippen molar-refractivity contribution in [1.29, 1.82) is 0 Å². The van der Waals surface area contributed by atoms with Crippen molar-refractivity contribution in [2.45, 2.75) is 56.7 Å². The van der Waals surface area contributed by atoms with Crippen molar-refractivity contribution >= 4 is 23.6 Å². The van der Waals surface area contributed by atoms with E-state index < -0.39 is 12.0 Å². The molecule has 20 heavy (non-hydrogen) atoms. The van der Waals surface area contributed by atoms with Gasteiger partial charge in [0.1, 0.15) is 0 Å². The van der Waals surface area contributed by atoms with Crippen molar-refractivity contribution in [2.75, 3.05) is 12.0 Å². The highest BCUT2D eigenvalue weighted by molar-refractivity contribution is 7.98. The number of piperidine rings is 1. The van der Waals surface area contributed by atoms with Gasteiger partial charge in [-0.3, -0.25) is 9.59 Å². The van der Waals surface area contributed by atoms with Gasteiger partial charge in [0.05, 0.1) is 6.04 Å². The number of aliphatic carboxylic acids is 1. The monoisotopic (exact) mass is 300 g/mol. The first-order chi connectivity index (χ1) is 9.52. The summed E-state index contributed by atoms with van der Waals surface area (Å²) in [7, 11) is 0. The van der Waals surface area contributed by atoms with Gasteiger partial charge < -0.3 is 15.7 Å². The Hall–Kier alpha value is -0.750. The summed E-state index contributed by atoms with van der Waals surface area (Å²) in [6, 6.07) is 0.0263. The average molecular weight is 300 g/mol. The van der Waals surface area contributed by atoms with Gasteiger partial charge in [-0.25, -0.2) is 0 Å². The Morgan fingerprint density at radius 3 is 2.45 bits per heavy atom. The molecular formula is C14H24N2O3S. The van der Waals surface area contributed by atoms with Crippen molar-refractivity contribution in [2.24, 2.45) is 11.7 Å². The first kappa shape index (κ1) is 15.6. The molecule has 0 saturated carbocycles. The summed E-state index contributed by atoms with van der Waals surface area (Å²) in [6.45, 7) is 0. The summed E-state index contributed by atoms with van der Waals surface area (Å²) >= 11 is 1.70. The molecule has 0 aromatic heterocycles. The van der Waals surface area contributed by atoms with Crippen molar-refractivity contribution in [3.63, 3.8) is 0 Å². The first-order valence-electron chi connectivity index (χ1n) is 7.31. The fourth-order valence-corrected chi connectivity index (χ4v) is 4.11. The molecule has 2 aliphatic rings. The summed E-state index contributed by atoms with van der Waals surface area (Å²) in [5.41, 5.74) is 6.00. The number of fused-ring (bicyclic) bond motifs is 2. The Labute approximate surface area is 124 Å². The lowest BCUT2D eigenvalue weighted by molar-refractivity contribution is -0.140. The topological polar surface area (TPSA) is 83.6 Å². The van der Waals surface area contributed by atoms with Crippen LogP contribution in [0, 0.1) is 5.92 Å². The van der Waals surface area contributed by atoms with Crippen molar-refractivity contribution < 1.29 is 14.7 Å². The molecule has 0 spiro atoms. The molecule has 3 atom stereocenters. The van der Waals surface area contributed by atoms with E-state index >= 15 is 0 Å². The zero-order valence-corrected chi connectivity index (χ0v) is 12.8. The average Bonchev–Trinajstić information content (AvgIpc) is 2.66. The lowest BCUT2D eigenvalue weighted by Crippen LogP contribution is -2.52. The molecule has 2 rings (SSSR count). The second kappa shape index (κ2) is 6.80. The smallest absolute Gasteiger partial charge is 0.303 e. The second-order valence-corrected chi connectivity index (χ2v) is 6.94. The van der Waals surface area contributed by atoms with Crippen LogP contribution in [0.5, 0.6) is 0 Å². The van der Waals surface area contributed by atoms with E-state index in [-0.39, 0.29) is 30.3 Å². The first-order valence-corrected chi connectivity index (χ1v) is 8.70. The molecule has 2 heterocycles. The second-order valence-electron chi connectivity index (χ2n) is 5.95. The predicted molar refractivity (Wildman–Crippen MR) is 79.6 cm³/mol. The van der Waals surface area contributed by atoms with E-state index in [1.165, 1.54) is 0 Å². The van der Waals surface area contributed by atoms with Gasteiger partial charge in [-0.15, -0.1) is 0 Å². The van der Waals surface area contributed by atoms with Gasteiger partial charge >= 0.3 is 5.97 Å². The van der Waals surface area contributed by atoms with Crippen LogP contribution in [0.2, 0.25) is 0 Å². The highest BCUT2D eigenvalue weighted by atomic mass is 32.2. The number of nitrogens with two attached hydrogens (primary N) is 1. The summed E-state index contributed by atoms with van der Waals surface area (Å²) in [5.74, 6) is 0.459. The van der Waals surface area contributed by atoms with Gasteiger partial charge in [0.25, 0.3) is 0 Å². The molecule has 2 aliphatic heterocycles. The molecule has 5 nitrogen and oxygen atoms in total. The lowest BCUT2D eigenvalue weighted by atomic mass is 9.87. The molecule has 2 fully saturated rings. The van der Waals surface area contributed by atoms with E-state index in [2.05, 4.69) is 0 Å². The van der Waals surface area contributed by atoms with Crippen LogP contribution in [-0.2, 0) is 9.59 Å². The van der Waals surface area contributed by atoms with Gasteiger partial charge in [-0.2, -0.15) is 11.8 Å². The Kier molecular flexibility index (Phi) is 5.32. The number of rotatable bonds is 6. The van der Waals surface area contributed by atoms with Crippen LogP contribution in [0.4, 0.5) is 0 Å². The largest absolute Gasteiger partial charge is 0.481 e. The Bertz CT molecular complexity index is 363. The van der Waals surface area contributed by atoms with Gasteiger partial charge in [0, 0.05) is 18.5 Å². The number of nitrogens with zero attached hydrogens (tertiary/aromatic N) is 1. The third-order valence-corrected chi connectivity index (χ3v) is 5.14. The fourth-order valence-electron chi connectivity index (χ4n) is 3.62. The summed E-state index contributed by atoms with van der Waals surface area (Å²) in [6.07, 6.45) is 6.61. The quantitative estimate of drug-likeness (QED) is 0.773. The van der Waals surface area contributed by atoms with E-state index in [9.17, 15) is 9.59 Å². The number of carboxylic acids is 1. The highest BCUT2D eigenvalue weighted by Crippen LogP contribution is 2.40. The van der Waals surface area contributed by atoms with Crippen LogP contribution in [-0.4, -0.2) is 52.0 Å². The fraction of sp³-hybridized carbons (Fsp3) is 0.857. The third kappa shape index (κ3) is 3.47. The Morgan fingerprint density at radius 1 is 1.35 bits per heavy atom. The van der Waals surface area contributed by atoms with Gasteiger partial charge in [0.2, 0.25) is 5.91 Å². The van der Waals surface area contributed by atoms with E-state index in [4.69, 9.17) is 10.8 Å². The molecule has 0 aromatic rings. The van der Waals surface area contributed by atoms with Crippen LogP contribution < -0.4 is 5.73 Å². The van der Waals surface area contributed by atoms with E-state index in [1.54, 1.807) is 11.8 Å². The van der Waals surface area contributed by atoms with Crippen molar-refractivity contribution in [3.8, 4) is 0 Å². The number of carbonyl (C=O) groups excluding carboxylic acids is 1. The molecule has 2 saturated heterocycles. The maximum atomic E-state index is 12.5. The van der Waals surface area contributed by atoms with Crippen LogP contribution >= 0.6 is 11.8 Å². The van der Waals surface area contributed by atoms with Gasteiger partial charge in [-0.1, -0.05) is 0 Å². The minimum atomic E-state index is -0.731. The van der Waals surface area contributed by atoms with E-state index in [0.29, 0.717) is 6.42 Å². The number of hydrogen-bond acceptors (Lipinski definition) is 4. The van der Waals surface area contributed by atoms with Crippen LogP contribution in [0.15, 0.2) is 0 Å². The lowest BCUT2D eigenvalue weighted by Gasteiger charge is -2.39. The summed E-state index contributed by atoms with van der Waals surface area (Å²) in [5, 5.41) is 8.92. The number of carbonyl (C=O) groups is 2. The number of hydrogen-bond donors (Lipinski definition) is 2. The number of thioether (sulfide) groups is 1. The van der Waals surface area contributed by atoms with E-state index in [1.807, 2.05) is 11.2 Å². The Morgan fingerprint density at radius 2 is 1.95 bits per heavy atom. The van der Waals surface area contributed by atoms with Crippen LogP contribution in [0.1, 0.15) is 38.5 Å². The van der Waals surface area contributed by atoms with Crippen molar-refractivity contribution in [3.05, 3.63) is 0 Å². The molecule has 6 heteroatoms. The zero-order valence-electron chi connectivity index (χ0n) is 12.0. The van der Waals surface area contributed by atoms with Gasteiger partial charge in [0.15, 0.2) is 0 Å². The normalized spacial score (nSPS) is 30.3. The van der Waals surface area contributed by atoms with Gasteiger partial charge in [-0.05, 0) is 50.0 Å². The van der Waals surface area contributed by atoms with Crippen molar-refractivity contribution in [1.82, 2.24) is 4.90 Å². The molecule has 114 valence electrons. The molecule has 3 N–H and O–H groups in total. The SMILES string of the molecule is CSCC[C@@H](N)C(=O)N1C2CCC1CC(CC(=O)O)C2. The molecule has 0 radical (unpaired) electrons.